The van der Waals surface area contributed by atoms with Gasteiger partial charge in [0.15, 0.2) is 0 Å². The highest BCUT2D eigenvalue weighted by Crippen LogP contribution is 2.43. The summed E-state index contributed by atoms with van der Waals surface area (Å²) in [5.41, 5.74) is 14.3. The van der Waals surface area contributed by atoms with Crippen molar-refractivity contribution < 1.29 is 4.42 Å². The molecule has 0 aliphatic heterocycles. The molecule has 3 aromatic heterocycles. The van der Waals surface area contributed by atoms with Crippen LogP contribution in [0.5, 0.6) is 0 Å². The van der Waals surface area contributed by atoms with Gasteiger partial charge in [-0.2, -0.15) is 0 Å². The van der Waals surface area contributed by atoms with Gasteiger partial charge in [-0.15, -0.1) is 0 Å². The number of rotatable bonds is 2. The van der Waals surface area contributed by atoms with Gasteiger partial charge in [0.2, 0.25) is 5.71 Å². The number of hydrogen-bond acceptors (Lipinski definition) is 1. The topological polar surface area (TPSA) is 22.5 Å². The van der Waals surface area contributed by atoms with Gasteiger partial charge < -0.3 is 4.42 Å². The maximum atomic E-state index is 7.40. The van der Waals surface area contributed by atoms with Gasteiger partial charge in [0.25, 0.3) is 0 Å². The van der Waals surface area contributed by atoms with E-state index in [1.807, 2.05) is 0 Å². The van der Waals surface area contributed by atoms with Crippen molar-refractivity contribution >= 4 is 61.1 Å². The fourth-order valence-corrected chi connectivity index (χ4v) is 7.15. The highest BCUT2D eigenvalue weighted by Gasteiger charge is 2.24. The highest BCUT2D eigenvalue weighted by molar-refractivity contribution is 6.35. The van der Waals surface area contributed by atoms with Crippen molar-refractivity contribution in [2.24, 2.45) is 0 Å². The maximum absolute atomic E-state index is 7.40. The molecule has 0 fully saturated rings. The molecule has 200 valence electrons. The fourth-order valence-electron chi connectivity index (χ4n) is 6.86. The lowest BCUT2D eigenvalue weighted by Gasteiger charge is -2.16. The number of imidazole rings is 1. The molecule has 0 N–H and O–H groups in total. The number of aromatic nitrogens is 2. The Balaban J connectivity index is 1.54. The number of aryl methyl sites for hydroxylation is 5. The number of furan rings is 1. The largest absolute Gasteiger partial charge is 0.439 e. The number of benzene rings is 5. The molecule has 8 rings (SSSR count). The van der Waals surface area contributed by atoms with Crippen LogP contribution in [0.1, 0.15) is 27.8 Å². The molecule has 0 saturated carbocycles. The Morgan fingerprint density at radius 3 is 2.27 bits per heavy atom. The van der Waals surface area contributed by atoms with Crippen molar-refractivity contribution in [3.63, 3.8) is 0 Å². The van der Waals surface area contributed by atoms with Crippen LogP contribution in [0.25, 0.3) is 66.3 Å². The molecule has 5 aromatic carbocycles. The van der Waals surface area contributed by atoms with Gasteiger partial charge in [-0.3, -0.25) is 8.97 Å². The fraction of sp³-hybridized carbons (Fsp3) is 0.135. The standard InChI is InChI=1S/C37H29ClN2O/c1-20-10-12-26(23(4)14-20)28-16-22(3)17-30(35(28)38)39-33-19-29-34-27-9-7-6-8-25(27)11-13-32(34)41-37(29)40(33)31-18-21(2)15-24(5)36(31)39/h6-19H,1-5H3. The monoisotopic (exact) mass is 552 g/mol. The quantitative estimate of drug-likeness (QED) is 0.209. The average molecular weight is 553 g/mol. The lowest BCUT2D eigenvalue weighted by Crippen LogP contribution is -1.99. The van der Waals surface area contributed by atoms with E-state index < -0.39 is 0 Å². The molecule has 3 nitrogen and oxygen atoms in total. The summed E-state index contributed by atoms with van der Waals surface area (Å²) in [5, 5.41) is 5.41. The molecule has 0 bridgehead atoms. The van der Waals surface area contributed by atoms with Gasteiger partial charge in [0.1, 0.15) is 11.2 Å². The van der Waals surface area contributed by atoms with Crippen molar-refractivity contribution in [2.75, 3.05) is 0 Å². The zero-order valence-electron chi connectivity index (χ0n) is 23.8. The molecule has 4 heteroatoms. The van der Waals surface area contributed by atoms with Gasteiger partial charge in [-0.05, 0) is 104 Å². The normalized spacial score (nSPS) is 12.1. The summed E-state index contributed by atoms with van der Waals surface area (Å²) in [6.45, 7) is 10.8. The van der Waals surface area contributed by atoms with Gasteiger partial charge in [0.05, 0.1) is 27.1 Å². The SMILES string of the molecule is Cc1ccc(-c2cc(C)cc(-n3c4c(C)cc(C)cc4n4c5oc6ccc7ccccc7c6c5cc34)c2Cl)c(C)c1. The Bertz CT molecular complexity index is 2380. The van der Waals surface area contributed by atoms with E-state index in [4.69, 9.17) is 16.0 Å². The number of hydrogen-bond donors (Lipinski definition) is 0. The van der Waals surface area contributed by atoms with E-state index >= 15 is 0 Å². The minimum absolute atomic E-state index is 0.745. The lowest BCUT2D eigenvalue weighted by molar-refractivity contribution is 0.651. The first kappa shape index (κ1) is 24.3. The minimum atomic E-state index is 0.745. The predicted molar refractivity (Wildman–Crippen MR) is 173 cm³/mol. The Morgan fingerprint density at radius 1 is 0.659 bits per heavy atom. The summed E-state index contributed by atoms with van der Waals surface area (Å²) in [4.78, 5) is 0. The Kier molecular flexibility index (Phi) is 5.05. The molecule has 0 amide bonds. The molecule has 0 aliphatic carbocycles. The number of fused-ring (bicyclic) bond motifs is 9. The zero-order valence-corrected chi connectivity index (χ0v) is 24.5. The van der Waals surface area contributed by atoms with Gasteiger partial charge in [-0.25, -0.2) is 0 Å². The first-order chi connectivity index (χ1) is 19.8. The van der Waals surface area contributed by atoms with E-state index in [-0.39, 0.29) is 0 Å². The van der Waals surface area contributed by atoms with Crippen molar-refractivity contribution in [3.05, 3.63) is 118 Å². The van der Waals surface area contributed by atoms with Crippen LogP contribution in [-0.2, 0) is 0 Å². The van der Waals surface area contributed by atoms with Crippen LogP contribution in [0, 0.1) is 34.6 Å². The third-order valence-electron chi connectivity index (χ3n) is 8.53. The van der Waals surface area contributed by atoms with Crippen molar-refractivity contribution in [1.82, 2.24) is 8.97 Å². The van der Waals surface area contributed by atoms with Gasteiger partial charge in [-0.1, -0.05) is 71.8 Å². The molecule has 0 aliphatic rings. The second kappa shape index (κ2) is 8.52. The molecule has 0 spiro atoms. The van der Waals surface area contributed by atoms with Crippen molar-refractivity contribution in [2.45, 2.75) is 34.6 Å². The average Bonchev–Trinajstić information content (AvgIpc) is 3.57. The van der Waals surface area contributed by atoms with E-state index in [1.54, 1.807) is 0 Å². The predicted octanol–water partition coefficient (Wildman–Crippen LogP) is 10.8. The van der Waals surface area contributed by atoms with Crippen LogP contribution in [0.2, 0.25) is 5.02 Å². The van der Waals surface area contributed by atoms with Crippen LogP contribution in [0.4, 0.5) is 0 Å². The molecule has 3 heterocycles. The zero-order chi connectivity index (χ0) is 28.2. The highest BCUT2D eigenvalue weighted by atomic mass is 35.5. The summed E-state index contributed by atoms with van der Waals surface area (Å²) in [6, 6.07) is 30.5. The third-order valence-corrected chi connectivity index (χ3v) is 8.93. The van der Waals surface area contributed by atoms with Crippen LogP contribution in [0.3, 0.4) is 0 Å². The summed E-state index contributed by atoms with van der Waals surface area (Å²) < 4.78 is 11.2. The summed E-state index contributed by atoms with van der Waals surface area (Å²) >= 11 is 7.40. The first-order valence-corrected chi connectivity index (χ1v) is 14.4. The third kappa shape index (κ3) is 3.39. The van der Waals surface area contributed by atoms with Crippen LogP contribution < -0.4 is 0 Å². The van der Waals surface area contributed by atoms with Crippen LogP contribution >= 0.6 is 11.6 Å². The van der Waals surface area contributed by atoms with E-state index in [0.717, 1.165) is 66.1 Å². The van der Waals surface area contributed by atoms with E-state index in [9.17, 15) is 0 Å². The summed E-state index contributed by atoms with van der Waals surface area (Å²) in [6.07, 6.45) is 0. The second-order valence-corrected chi connectivity index (χ2v) is 11.9. The molecule has 0 atom stereocenters. The van der Waals surface area contributed by atoms with Crippen molar-refractivity contribution in [1.29, 1.82) is 0 Å². The van der Waals surface area contributed by atoms with E-state index in [1.165, 1.54) is 33.0 Å². The number of halogens is 1. The summed E-state index contributed by atoms with van der Waals surface area (Å²) in [5.74, 6) is 0. The lowest BCUT2D eigenvalue weighted by atomic mass is 9.96. The molecule has 0 unspecified atom stereocenters. The van der Waals surface area contributed by atoms with E-state index in [0.29, 0.717) is 0 Å². The van der Waals surface area contributed by atoms with Crippen molar-refractivity contribution in [3.8, 4) is 16.8 Å². The second-order valence-electron chi connectivity index (χ2n) is 11.6. The molecular weight excluding hydrogens is 524 g/mol. The maximum Gasteiger partial charge on any atom is 0.214 e. The van der Waals surface area contributed by atoms with Crippen LogP contribution in [0.15, 0.2) is 89.3 Å². The summed E-state index contributed by atoms with van der Waals surface area (Å²) in [7, 11) is 0. The first-order valence-electron chi connectivity index (χ1n) is 14.1. The Morgan fingerprint density at radius 2 is 1.44 bits per heavy atom. The molecular formula is C37H29ClN2O. The smallest absolute Gasteiger partial charge is 0.214 e. The molecule has 0 saturated heterocycles. The Hall–Kier alpha value is -4.47. The minimum Gasteiger partial charge on any atom is -0.439 e. The molecule has 41 heavy (non-hydrogen) atoms. The van der Waals surface area contributed by atoms with Gasteiger partial charge >= 0.3 is 0 Å². The van der Waals surface area contributed by atoms with E-state index in [2.05, 4.69) is 129 Å². The molecule has 0 radical (unpaired) electrons. The van der Waals surface area contributed by atoms with Crippen LogP contribution in [-0.4, -0.2) is 8.97 Å². The number of nitrogens with zero attached hydrogens (tertiary/aromatic N) is 2. The Labute approximate surface area is 243 Å². The van der Waals surface area contributed by atoms with Gasteiger partial charge in [0, 0.05) is 10.9 Å². The molecule has 8 aromatic rings.